The van der Waals surface area contributed by atoms with E-state index in [2.05, 4.69) is 230 Å². The van der Waals surface area contributed by atoms with Crippen molar-refractivity contribution in [2.24, 2.45) is 0 Å². The average molecular weight is 702 g/mol. The molecule has 9 aromatic rings. The lowest BCUT2D eigenvalue weighted by molar-refractivity contribution is 0.714. The first kappa shape index (κ1) is 32.7. The van der Waals surface area contributed by atoms with Gasteiger partial charge in [0.05, 0.1) is 11.4 Å². The predicted octanol–water partition coefficient (Wildman–Crippen LogP) is 14.6. The highest BCUT2D eigenvalue weighted by Gasteiger charge is 2.42. The average Bonchev–Trinajstić information content (AvgIpc) is 3.54. The summed E-state index contributed by atoms with van der Waals surface area (Å²) in [6, 6.07) is 79.8. The summed E-state index contributed by atoms with van der Waals surface area (Å²) >= 11 is 0. The van der Waals surface area contributed by atoms with Gasteiger partial charge in [-0.15, -0.1) is 0 Å². The summed E-state index contributed by atoms with van der Waals surface area (Å²) in [5.41, 5.74) is 16.8. The molecule has 0 spiro atoms. The van der Waals surface area contributed by atoms with Crippen molar-refractivity contribution in [1.29, 1.82) is 0 Å². The molecule has 1 aliphatic rings. The first-order valence-corrected chi connectivity index (χ1v) is 19.1. The van der Waals surface area contributed by atoms with Crippen molar-refractivity contribution >= 4 is 27.8 Å². The van der Waals surface area contributed by atoms with Crippen LogP contribution in [0.5, 0.6) is 0 Å². The number of rotatable bonds is 7. The zero-order valence-corrected chi connectivity index (χ0v) is 30.7. The normalized spacial score (nSPS) is 14.3. The minimum absolute atomic E-state index is 0.311. The van der Waals surface area contributed by atoms with Crippen LogP contribution in [0.4, 0.5) is 17.1 Å². The molecule has 1 atom stereocenters. The molecule has 260 valence electrons. The second-order valence-corrected chi connectivity index (χ2v) is 14.6. The number of hydrogen-bond donors (Lipinski definition) is 0. The Kier molecular flexibility index (Phi) is 8.00. The Morgan fingerprint density at radius 1 is 0.345 bits per heavy atom. The van der Waals surface area contributed by atoms with Crippen LogP contribution in [0.15, 0.2) is 218 Å². The number of nitrogens with zero attached hydrogens (tertiary/aromatic N) is 1. The van der Waals surface area contributed by atoms with E-state index in [1.165, 1.54) is 72.0 Å². The Hall–Kier alpha value is -6.96. The van der Waals surface area contributed by atoms with E-state index in [4.69, 9.17) is 0 Å². The molecule has 0 aromatic heterocycles. The van der Waals surface area contributed by atoms with Gasteiger partial charge in [-0.05, 0) is 98.1 Å². The lowest BCUT2D eigenvalue weighted by Crippen LogP contribution is -2.22. The molecule has 0 amide bonds. The molecule has 1 unspecified atom stereocenters. The van der Waals surface area contributed by atoms with Gasteiger partial charge in [-0.2, -0.15) is 0 Å². The van der Waals surface area contributed by atoms with Gasteiger partial charge >= 0.3 is 0 Å². The fourth-order valence-corrected chi connectivity index (χ4v) is 8.85. The first-order chi connectivity index (χ1) is 27.2. The van der Waals surface area contributed by atoms with Crippen molar-refractivity contribution in [2.45, 2.75) is 12.3 Å². The van der Waals surface area contributed by atoms with Crippen molar-refractivity contribution < 1.29 is 0 Å². The fraction of sp³-hybridized carbons (Fsp3) is 0.0370. The maximum atomic E-state index is 2.49. The first-order valence-electron chi connectivity index (χ1n) is 19.1. The van der Waals surface area contributed by atoms with Gasteiger partial charge in [0, 0.05) is 22.2 Å². The summed E-state index contributed by atoms with van der Waals surface area (Å²) in [7, 11) is 0. The lowest BCUT2D eigenvalue weighted by Gasteiger charge is -2.32. The van der Waals surface area contributed by atoms with E-state index in [9.17, 15) is 0 Å². The summed E-state index contributed by atoms with van der Waals surface area (Å²) < 4.78 is 0. The molecule has 0 saturated carbocycles. The van der Waals surface area contributed by atoms with E-state index in [-0.39, 0.29) is 5.41 Å². The smallest absolute Gasteiger partial charge is 0.0543 e. The Morgan fingerprint density at radius 3 is 1.69 bits per heavy atom. The third kappa shape index (κ3) is 5.47. The minimum atomic E-state index is -0.311. The van der Waals surface area contributed by atoms with E-state index >= 15 is 0 Å². The second-order valence-electron chi connectivity index (χ2n) is 14.6. The van der Waals surface area contributed by atoms with Crippen LogP contribution in [0.3, 0.4) is 0 Å². The Bertz CT molecular complexity index is 2820. The predicted molar refractivity (Wildman–Crippen MR) is 232 cm³/mol. The maximum Gasteiger partial charge on any atom is 0.0543 e. The zero-order valence-electron chi connectivity index (χ0n) is 30.7. The van der Waals surface area contributed by atoms with Crippen LogP contribution in [-0.2, 0) is 5.41 Å². The van der Waals surface area contributed by atoms with Gasteiger partial charge in [-0.3, -0.25) is 0 Å². The standard InChI is InChI=1S/C54H39N/c1-54(43-21-6-3-7-22-43)49-27-14-12-26-48(49)53-50(54)28-16-30-52(53)55(44-35-33-39(34-36-44)42-32-31-38-17-8-9-20-41(38)37-42)51-29-15-13-25-47(51)46-24-11-10-23-45(46)40-18-4-2-5-19-40/h2-37H,1H3. The van der Waals surface area contributed by atoms with Crippen molar-refractivity contribution in [3.8, 4) is 44.5 Å². The molecule has 0 aliphatic heterocycles. The van der Waals surface area contributed by atoms with Crippen molar-refractivity contribution in [3.05, 3.63) is 235 Å². The van der Waals surface area contributed by atoms with Gasteiger partial charge in [0.15, 0.2) is 0 Å². The van der Waals surface area contributed by atoms with Gasteiger partial charge in [0.2, 0.25) is 0 Å². The summed E-state index contributed by atoms with van der Waals surface area (Å²) in [5, 5.41) is 2.50. The number of benzene rings is 9. The molecule has 1 aliphatic carbocycles. The van der Waals surface area contributed by atoms with Gasteiger partial charge < -0.3 is 4.90 Å². The quantitative estimate of drug-likeness (QED) is 0.160. The number of anilines is 3. The van der Waals surface area contributed by atoms with Gasteiger partial charge in [-0.25, -0.2) is 0 Å². The molecular weight excluding hydrogens is 663 g/mol. The maximum absolute atomic E-state index is 2.49. The Labute approximate surface area is 323 Å². The molecule has 0 bridgehead atoms. The van der Waals surface area contributed by atoms with E-state index in [0.717, 1.165) is 17.1 Å². The van der Waals surface area contributed by atoms with Crippen LogP contribution in [0, 0.1) is 0 Å². The fourth-order valence-electron chi connectivity index (χ4n) is 8.85. The zero-order chi connectivity index (χ0) is 36.8. The SMILES string of the molecule is CC1(c2ccccc2)c2ccccc2-c2c(N(c3ccc(-c4ccc5ccccc5c4)cc3)c3ccccc3-c3ccccc3-c3ccccc3)cccc21. The van der Waals surface area contributed by atoms with E-state index in [1.54, 1.807) is 0 Å². The Balaban J connectivity index is 1.21. The molecule has 1 nitrogen and oxygen atoms in total. The number of para-hydroxylation sites is 1. The highest BCUT2D eigenvalue weighted by atomic mass is 15.1. The summed E-state index contributed by atoms with van der Waals surface area (Å²) in [5.74, 6) is 0. The van der Waals surface area contributed by atoms with Crippen molar-refractivity contribution in [1.82, 2.24) is 0 Å². The van der Waals surface area contributed by atoms with Gasteiger partial charge in [0.25, 0.3) is 0 Å². The highest BCUT2D eigenvalue weighted by molar-refractivity contribution is 6.00. The second kappa shape index (κ2) is 13.5. The molecule has 0 N–H and O–H groups in total. The van der Waals surface area contributed by atoms with Crippen LogP contribution in [-0.4, -0.2) is 0 Å². The Morgan fingerprint density at radius 2 is 0.909 bits per heavy atom. The van der Waals surface area contributed by atoms with Gasteiger partial charge in [-0.1, -0.05) is 188 Å². The largest absolute Gasteiger partial charge is 0.309 e. The van der Waals surface area contributed by atoms with Crippen molar-refractivity contribution in [3.63, 3.8) is 0 Å². The molecular formula is C54H39N. The van der Waals surface area contributed by atoms with Crippen LogP contribution >= 0.6 is 0 Å². The molecule has 55 heavy (non-hydrogen) atoms. The topological polar surface area (TPSA) is 3.24 Å². The minimum Gasteiger partial charge on any atom is -0.309 e. The van der Waals surface area contributed by atoms with Crippen LogP contribution in [0.25, 0.3) is 55.3 Å². The molecule has 9 aromatic carbocycles. The number of fused-ring (bicyclic) bond motifs is 4. The highest BCUT2D eigenvalue weighted by Crippen LogP contribution is 2.57. The monoisotopic (exact) mass is 701 g/mol. The number of hydrogen-bond acceptors (Lipinski definition) is 1. The molecule has 0 fully saturated rings. The molecule has 10 rings (SSSR count). The van der Waals surface area contributed by atoms with Crippen molar-refractivity contribution in [2.75, 3.05) is 4.90 Å². The molecule has 1 heteroatoms. The van der Waals surface area contributed by atoms with Crippen LogP contribution in [0.1, 0.15) is 23.6 Å². The summed E-state index contributed by atoms with van der Waals surface area (Å²) in [6.07, 6.45) is 0. The third-order valence-electron chi connectivity index (χ3n) is 11.6. The van der Waals surface area contributed by atoms with Crippen LogP contribution in [0.2, 0.25) is 0 Å². The van der Waals surface area contributed by atoms with E-state index in [0.29, 0.717) is 0 Å². The summed E-state index contributed by atoms with van der Waals surface area (Å²) in [6.45, 7) is 2.39. The van der Waals surface area contributed by atoms with E-state index < -0.39 is 0 Å². The third-order valence-corrected chi connectivity index (χ3v) is 11.6. The molecule has 0 heterocycles. The molecule has 0 radical (unpaired) electrons. The summed E-state index contributed by atoms with van der Waals surface area (Å²) in [4.78, 5) is 2.49. The molecule has 0 saturated heterocycles. The van der Waals surface area contributed by atoms with Crippen LogP contribution < -0.4 is 4.90 Å². The lowest BCUT2D eigenvalue weighted by atomic mass is 9.74. The van der Waals surface area contributed by atoms with E-state index in [1.807, 2.05) is 0 Å². The van der Waals surface area contributed by atoms with Gasteiger partial charge in [0.1, 0.15) is 0 Å².